The highest BCUT2D eigenvalue weighted by Crippen LogP contribution is 2.24. The van der Waals surface area contributed by atoms with E-state index in [2.05, 4.69) is 21.2 Å². The van der Waals surface area contributed by atoms with Crippen molar-refractivity contribution < 1.29 is 9.18 Å². The van der Waals surface area contributed by atoms with Gasteiger partial charge in [0.15, 0.2) is 0 Å². The highest BCUT2D eigenvalue weighted by atomic mass is 79.9. The third kappa shape index (κ3) is 4.38. The molecule has 1 rings (SSSR count). The van der Waals surface area contributed by atoms with Gasteiger partial charge in [-0.15, -0.1) is 0 Å². The number of hydrogen-bond acceptors (Lipinski definition) is 2. The molecule has 18 heavy (non-hydrogen) atoms. The lowest BCUT2D eigenvalue weighted by Gasteiger charge is -2.17. The number of halogens is 2. The van der Waals surface area contributed by atoms with Crippen LogP contribution in [0.15, 0.2) is 22.7 Å². The number of carbonyl (C=O) groups is 1. The minimum absolute atomic E-state index is 0.126. The molecule has 1 amide bonds. The Morgan fingerprint density at radius 1 is 1.50 bits per heavy atom. The Kier molecular flexibility index (Phi) is 5.75. The van der Waals surface area contributed by atoms with Crippen LogP contribution in [0.5, 0.6) is 0 Å². The van der Waals surface area contributed by atoms with Crippen molar-refractivity contribution in [1.29, 1.82) is 0 Å². The number of anilines is 1. The van der Waals surface area contributed by atoms with E-state index < -0.39 is 0 Å². The maximum atomic E-state index is 12.9. The number of nitrogens with one attached hydrogen (secondary N) is 1. The second-order valence-corrected chi connectivity index (χ2v) is 5.53. The van der Waals surface area contributed by atoms with Crippen LogP contribution in [-0.2, 0) is 4.79 Å². The van der Waals surface area contributed by atoms with Gasteiger partial charge in [-0.2, -0.15) is 0 Å². The number of rotatable bonds is 5. The van der Waals surface area contributed by atoms with Gasteiger partial charge < -0.3 is 11.1 Å². The van der Waals surface area contributed by atoms with Gasteiger partial charge in [0, 0.05) is 11.0 Å². The molecule has 1 unspecified atom stereocenters. The molecule has 5 heteroatoms. The van der Waals surface area contributed by atoms with Gasteiger partial charge in [0.25, 0.3) is 0 Å². The lowest BCUT2D eigenvalue weighted by Crippen LogP contribution is -2.30. The first kappa shape index (κ1) is 15.1. The van der Waals surface area contributed by atoms with Crippen molar-refractivity contribution in [3.63, 3.8) is 0 Å². The zero-order chi connectivity index (χ0) is 13.7. The van der Waals surface area contributed by atoms with Gasteiger partial charge in [0.1, 0.15) is 5.82 Å². The summed E-state index contributed by atoms with van der Waals surface area (Å²) in [6.07, 6.45) is 0.737. The highest BCUT2D eigenvalue weighted by Gasteiger charge is 2.19. The average molecular weight is 317 g/mol. The van der Waals surface area contributed by atoms with Crippen LogP contribution >= 0.6 is 15.9 Å². The van der Waals surface area contributed by atoms with Crippen LogP contribution < -0.4 is 11.1 Å². The topological polar surface area (TPSA) is 55.1 Å². The first-order valence-electron chi connectivity index (χ1n) is 5.90. The van der Waals surface area contributed by atoms with Gasteiger partial charge in [0.05, 0.1) is 11.6 Å². The Balaban J connectivity index is 2.73. The van der Waals surface area contributed by atoms with Crippen LogP contribution in [-0.4, -0.2) is 12.5 Å². The van der Waals surface area contributed by atoms with Crippen molar-refractivity contribution in [2.24, 2.45) is 17.6 Å². The first-order valence-corrected chi connectivity index (χ1v) is 6.69. The quantitative estimate of drug-likeness (QED) is 0.876. The predicted molar refractivity (Wildman–Crippen MR) is 74.7 cm³/mol. The summed E-state index contributed by atoms with van der Waals surface area (Å²) in [6.45, 7) is 4.40. The predicted octanol–water partition coefficient (Wildman–Crippen LogP) is 3.15. The molecule has 0 fully saturated rings. The molecule has 0 aliphatic heterocycles. The van der Waals surface area contributed by atoms with Crippen molar-refractivity contribution in [1.82, 2.24) is 0 Å². The summed E-state index contributed by atoms with van der Waals surface area (Å²) in [7, 11) is 0. The first-order chi connectivity index (χ1) is 8.43. The molecular weight excluding hydrogens is 299 g/mol. The van der Waals surface area contributed by atoms with Crippen LogP contribution in [0.1, 0.15) is 20.3 Å². The summed E-state index contributed by atoms with van der Waals surface area (Å²) in [4.78, 5) is 12.0. The van der Waals surface area contributed by atoms with E-state index in [0.29, 0.717) is 22.6 Å². The van der Waals surface area contributed by atoms with Crippen LogP contribution in [0.25, 0.3) is 0 Å². The zero-order valence-electron chi connectivity index (χ0n) is 10.5. The van der Waals surface area contributed by atoms with Crippen molar-refractivity contribution >= 4 is 27.5 Å². The van der Waals surface area contributed by atoms with Crippen molar-refractivity contribution in [3.05, 3.63) is 28.5 Å². The molecule has 0 aromatic heterocycles. The summed E-state index contributed by atoms with van der Waals surface area (Å²) in [6, 6.07) is 4.15. The molecule has 3 nitrogen and oxygen atoms in total. The van der Waals surface area contributed by atoms with Gasteiger partial charge in [-0.3, -0.25) is 4.79 Å². The maximum absolute atomic E-state index is 12.9. The summed E-state index contributed by atoms with van der Waals surface area (Å²) in [5, 5.41) is 2.76. The van der Waals surface area contributed by atoms with Gasteiger partial charge in [-0.25, -0.2) is 4.39 Å². The third-order valence-corrected chi connectivity index (χ3v) is 3.26. The van der Waals surface area contributed by atoms with Crippen LogP contribution in [0, 0.1) is 17.7 Å². The molecule has 0 bridgehead atoms. The fourth-order valence-corrected chi connectivity index (χ4v) is 2.15. The fraction of sp³-hybridized carbons (Fsp3) is 0.462. The zero-order valence-corrected chi connectivity index (χ0v) is 12.1. The molecule has 0 saturated heterocycles. The maximum Gasteiger partial charge on any atom is 0.228 e. The molecule has 3 N–H and O–H groups in total. The van der Waals surface area contributed by atoms with E-state index in [0.717, 1.165) is 6.42 Å². The average Bonchev–Trinajstić information content (AvgIpc) is 2.29. The van der Waals surface area contributed by atoms with Gasteiger partial charge in [-0.05, 0) is 46.5 Å². The van der Waals surface area contributed by atoms with Crippen molar-refractivity contribution in [2.45, 2.75) is 20.3 Å². The summed E-state index contributed by atoms with van der Waals surface area (Å²) in [5.41, 5.74) is 6.16. The van der Waals surface area contributed by atoms with Gasteiger partial charge in [-0.1, -0.05) is 13.8 Å². The number of hydrogen-bond donors (Lipinski definition) is 2. The van der Waals surface area contributed by atoms with E-state index in [1.54, 1.807) is 0 Å². The Hall–Kier alpha value is -0.940. The monoisotopic (exact) mass is 316 g/mol. The molecule has 0 aliphatic rings. The SMILES string of the molecule is CC(C)CC(CN)C(=O)Nc1ccc(F)cc1Br. The van der Waals surface area contributed by atoms with E-state index >= 15 is 0 Å². The summed E-state index contributed by atoms with van der Waals surface area (Å²) < 4.78 is 13.4. The summed E-state index contributed by atoms with van der Waals surface area (Å²) >= 11 is 3.21. The Bertz CT molecular complexity index is 423. The molecule has 0 radical (unpaired) electrons. The fourth-order valence-electron chi connectivity index (χ4n) is 1.70. The second kappa shape index (κ2) is 6.85. The minimum Gasteiger partial charge on any atom is -0.330 e. The molecule has 0 saturated carbocycles. The smallest absolute Gasteiger partial charge is 0.228 e. The Morgan fingerprint density at radius 2 is 2.17 bits per heavy atom. The lowest BCUT2D eigenvalue weighted by molar-refractivity contribution is -0.120. The molecule has 0 aliphatic carbocycles. The molecule has 1 atom stereocenters. The highest BCUT2D eigenvalue weighted by molar-refractivity contribution is 9.10. The number of carbonyl (C=O) groups excluding carboxylic acids is 1. The van der Waals surface area contributed by atoms with Gasteiger partial charge >= 0.3 is 0 Å². The standard InChI is InChI=1S/C13H18BrFN2O/c1-8(2)5-9(7-16)13(18)17-12-4-3-10(15)6-11(12)14/h3-4,6,8-9H,5,7,16H2,1-2H3,(H,17,18). The van der Waals surface area contributed by atoms with E-state index in [9.17, 15) is 9.18 Å². The number of amides is 1. The van der Waals surface area contributed by atoms with Gasteiger partial charge in [0.2, 0.25) is 5.91 Å². The molecule has 100 valence electrons. The largest absolute Gasteiger partial charge is 0.330 e. The van der Waals surface area contributed by atoms with E-state index in [1.807, 2.05) is 13.8 Å². The van der Waals surface area contributed by atoms with Crippen molar-refractivity contribution in [2.75, 3.05) is 11.9 Å². The summed E-state index contributed by atoms with van der Waals surface area (Å²) in [5.74, 6) is -0.293. The number of nitrogens with two attached hydrogens (primary N) is 1. The van der Waals surface area contributed by atoms with E-state index in [-0.39, 0.29) is 17.6 Å². The molecular formula is C13H18BrFN2O. The van der Waals surface area contributed by atoms with Crippen LogP contribution in [0.4, 0.5) is 10.1 Å². The minimum atomic E-state index is -0.350. The number of benzene rings is 1. The second-order valence-electron chi connectivity index (χ2n) is 4.68. The normalized spacial score (nSPS) is 12.6. The van der Waals surface area contributed by atoms with Crippen LogP contribution in [0.3, 0.4) is 0 Å². The molecule has 1 aromatic rings. The van der Waals surface area contributed by atoms with E-state index in [1.165, 1.54) is 18.2 Å². The van der Waals surface area contributed by atoms with Crippen molar-refractivity contribution in [3.8, 4) is 0 Å². The molecule has 0 heterocycles. The Labute approximate surface area is 115 Å². The molecule has 1 aromatic carbocycles. The van der Waals surface area contributed by atoms with E-state index in [4.69, 9.17) is 5.73 Å². The molecule has 0 spiro atoms. The van der Waals surface area contributed by atoms with Crippen LogP contribution in [0.2, 0.25) is 0 Å². The Morgan fingerprint density at radius 3 is 2.67 bits per heavy atom. The third-order valence-electron chi connectivity index (χ3n) is 2.60. The lowest BCUT2D eigenvalue weighted by atomic mass is 9.96.